The van der Waals surface area contributed by atoms with E-state index in [9.17, 15) is 19.2 Å². The Labute approximate surface area is 221 Å². The first-order valence-corrected chi connectivity index (χ1v) is 13.2. The highest BCUT2D eigenvalue weighted by Crippen LogP contribution is 2.59. The number of imidazole rings is 1. The normalized spacial score (nSPS) is 25.7. The van der Waals surface area contributed by atoms with E-state index >= 15 is 0 Å². The highest BCUT2D eigenvalue weighted by atomic mass is 16.5. The van der Waals surface area contributed by atoms with E-state index in [0.717, 1.165) is 17.9 Å². The van der Waals surface area contributed by atoms with Crippen LogP contribution >= 0.6 is 0 Å². The standard InChI is InChI=1S/C27H34N6O5/c1-27-12-21(25(36)31-20-9-10-32(26(20)37)16-18-14-28-17-30-18)33(22(27)13-27)24(35)15-29-23(34)8-5-11-38-19-6-3-2-4-7-19/h2-4,6-7,14,17,20-22H,5,8-13,15-16H2,1H3,(H,28,30)(H,29,34)(H,31,36)/t20?,21-,22-,27+/m0/s1. The molecule has 1 saturated carbocycles. The molecule has 1 aliphatic carbocycles. The van der Waals surface area contributed by atoms with Crippen LogP contribution in [0.1, 0.15) is 44.7 Å². The van der Waals surface area contributed by atoms with E-state index < -0.39 is 12.1 Å². The van der Waals surface area contributed by atoms with Crippen LogP contribution in [-0.4, -0.2) is 81.2 Å². The Morgan fingerprint density at radius 3 is 2.79 bits per heavy atom. The van der Waals surface area contributed by atoms with Crippen molar-refractivity contribution < 1.29 is 23.9 Å². The highest BCUT2D eigenvalue weighted by molar-refractivity contribution is 5.94. The van der Waals surface area contributed by atoms with Gasteiger partial charge >= 0.3 is 0 Å². The summed E-state index contributed by atoms with van der Waals surface area (Å²) in [6.45, 7) is 3.24. The van der Waals surface area contributed by atoms with Gasteiger partial charge in [0, 0.05) is 25.2 Å². The molecule has 2 aromatic rings. The monoisotopic (exact) mass is 522 g/mol. The zero-order valence-electron chi connectivity index (χ0n) is 21.5. The molecular formula is C27H34N6O5. The van der Waals surface area contributed by atoms with E-state index in [1.165, 1.54) is 0 Å². The number of amides is 4. The molecule has 3 heterocycles. The molecule has 11 heteroatoms. The number of aromatic amines is 1. The summed E-state index contributed by atoms with van der Waals surface area (Å²) in [5.74, 6) is -0.211. The molecule has 4 amide bonds. The molecule has 11 nitrogen and oxygen atoms in total. The zero-order valence-corrected chi connectivity index (χ0v) is 21.5. The lowest BCUT2D eigenvalue weighted by atomic mass is 10.0. The molecule has 3 fully saturated rings. The Morgan fingerprint density at radius 1 is 1.21 bits per heavy atom. The largest absolute Gasteiger partial charge is 0.494 e. The Morgan fingerprint density at radius 2 is 2.03 bits per heavy atom. The van der Waals surface area contributed by atoms with Crippen molar-refractivity contribution in [3.05, 3.63) is 48.5 Å². The van der Waals surface area contributed by atoms with Gasteiger partial charge in [0.2, 0.25) is 23.6 Å². The molecule has 5 rings (SSSR count). The minimum atomic E-state index is -0.643. The Bertz CT molecular complexity index is 1170. The first-order chi connectivity index (χ1) is 18.3. The molecule has 38 heavy (non-hydrogen) atoms. The second-order valence-corrected chi connectivity index (χ2v) is 10.6. The van der Waals surface area contributed by atoms with Gasteiger partial charge < -0.3 is 30.2 Å². The molecule has 2 aliphatic heterocycles. The first-order valence-electron chi connectivity index (χ1n) is 13.2. The van der Waals surface area contributed by atoms with Gasteiger partial charge in [-0.25, -0.2) is 4.98 Å². The summed E-state index contributed by atoms with van der Waals surface area (Å²) < 4.78 is 5.60. The van der Waals surface area contributed by atoms with Crippen molar-refractivity contribution in [2.45, 2.75) is 63.7 Å². The smallest absolute Gasteiger partial charge is 0.245 e. The topological polar surface area (TPSA) is 137 Å². The lowest BCUT2D eigenvalue weighted by Gasteiger charge is -2.28. The molecule has 4 atom stereocenters. The molecule has 202 valence electrons. The number of hydrogen-bond acceptors (Lipinski definition) is 6. The predicted octanol–water partition coefficient (Wildman–Crippen LogP) is 0.982. The van der Waals surface area contributed by atoms with Gasteiger partial charge in [0.25, 0.3) is 0 Å². The van der Waals surface area contributed by atoms with Gasteiger partial charge in [0.15, 0.2) is 0 Å². The van der Waals surface area contributed by atoms with E-state index in [4.69, 9.17) is 4.74 Å². The number of likely N-dealkylation sites (tertiary alicyclic amines) is 2. The molecule has 1 aromatic heterocycles. The fraction of sp³-hybridized carbons (Fsp3) is 0.519. The van der Waals surface area contributed by atoms with Gasteiger partial charge in [-0.15, -0.1) is 0 Å². The van der Waals surface area contributed by atoms with Crippen LogP contribution in [0.15, 0.2) is 42.9 Å². The van der Waals surface area contributed by atoms with Crippen LogP contribution in [0.25, 0.3) is 0 Å². The van der Waals surface area contributed by atoms with Gasteiger partial charge in [-0.2, -0.15) is 0 Å². The van der Waals surface area contributed by atoms with Crippen LogP contribution in [0.5, 0.6) is 5.75 Å². The SMILES string of the molecule is C[C@@]12C[C@@H]1N(C(=O)CNC(=O)CCCOc1ccccc1)[C@H](C(=O)NC1CCN(Cc3c[nH]cn3)C1=O)C2. The number of H-pyrrole nitrogens is 1. The molecule has 2 saturated heterocycles. The quantitative estimate of drug-likeness (QED) is 0.377. The summed E-state index contributed by atoms with van der Waals surface area (Å²) in [5, 5.41) is 5.57. The fourth-order valence-electron chi connectivity index (χ4n) is 5.52. The summed E-state index contributed by atoms with van der Waals surface area (Å²) in [6.07, 6.45) is 5.98. The molecule has 3 aliphatic rings. The van der Waals surface area contributed by atoms with Crippen molar-refractivity contribution in [3.63, 3.8) is 0 Å². The number of ether oxygens (including phenoxy) is 1. The molecule has 1 aromatic carbocycles. The average molecular weight is 523 g/mol. The summed E-state index contributed by atoms with van der Waals surface area (Å²) in [4.78, 5) is 61.8. The fourth-order valence-corrected chi connectivity index (χ4v) is 5.52. The Balaban J connectivity index is 1.08. The predicted molar refractivity (Wildman–Crippen MR) is 136 cm³/mol. The van der Waals surface area contributed by atoms with E-state index in [1.54, 1.807) is 22.3 Å². The number of rotatable bonds is 11. The van der Waals surface area contributed by atoms with Crippen molar-refractivity contribution >= 4 is 23.6 Å². The zero-order chi connectivity index (χ0) is 26.7. The van der Waals surface area contributed by atoms with Crippen LogP contribution in [0.2, 0.25) is 0 Å². The first kappa shape index (κ1) is 25.7. The van der Waals surface area contributed by atoms with Gasteiger partial charge in [-0.05, 0) is 43.2 Å². The maximum atomic E-state index is 13.2. The van der Waals surface area contributed by atoms with Crippen LogP contribution in [-0.2, 0) is 25.7 Å². The van der Waals surface area contributed by atoms with Crippen molar-refractivity contribution in [3.8, 4) is 5.75 Å². The molecule has 0 radical (unpaired) electrons. The van der Waals surface area contributed by atoms with Crippen molar-refractivity contribution in [1.82, 2.24) is 30.4 Å². The van der Waals surface area contributed by atoms with Crippen LogP contribution < -0.4 is 15.4 Å². The minimum absolute atomic E-state index is 0.0163. The number of carbonyl (C=O) groups is 4. The number of nitrogens with one attached hydrogen (secondary N) is 3. The number of piperidine rings is 1. The number of hydrogen-bond donors (Lipinski definition) is 3. The number of para-hydroxylation sites is 1. The summed E-state index contributed by atoms with van der Waals surface area (Å²) in [6, 6.07) is 8.11. The van der Waals surface area contributed by atoms with Gasteiger partial charge in [-0.3, -0.25) is 19.2 Å². The van der Waals surface area contributed by atoms with Gasteiger partial charge in [-0.1, -0.05) is 25.1 Å². The molecular weight excluding hydrogens is 488 g/mol. The Kier molecular flexibility index (Phi) is 7.35. The minimum Gasteiger partial charge on any atom is -0.494 e. The number of benzene rings is 1. The van der Waals surface area contributed by atoms with Crippen LogP contribution in [0.3, 0.4) is 0 Å². The van der Waals surface area contributed by atoms with E-state index in [1.807, 2.05) is 30.3 Å². The van der Waals surface area contributed by atoms with Gasteiger partial charge in [0.05, 0.1) is 31.7 Å². The van der Waals surface area contributed by atoms with Crippen molar-refractivity contribution in [2.24, 2.45) is 5.41 Å². The number of carbonyl (C=O) groups excluding carboxylic acids is 4. The molecule has 0 spiro atoms. The second kappa shape index (κ2) is 10.8. The van der Waals surface area contributed by atoms with E-state index in [-0.39, 0.29) is 48.1 Å². The van der Waals surface area contributed by atoms with E-state index in [0.29, 0.717) is 39.0 Å². The third-order valence-corrected chi connectivity index (χ3v) is 7.74. The highest BCUT2D eigenvalue weighted by Gasteiger charge is 2.64. The maximum absolute atomic E-state index is 13.2. The summed E-state index contributed by atoms with van der Waals surface area (Å²) in [5.41, 5.74) is 0.666. The average Bonchev–Trinajstić information content (AvgIpc) is 3.26. The van der Waals surface area contributed by atoms with Crippen molar-refractivity contribution in [2.75, 3.05) is 19.7 Å². The third-order valence-electron chi connectivity index (χ3n) is 7.74. The van der Waals surface area contributed by atoms with Crippen LogP contribution in [0.4, 0.5) is 0 Å². The maximum Gasteiger partial charge on any atom is 0.245 e. The lowest BCUT2D eigenvalue weighted by molar-refractivity contribution is -0.141. The van der Waals surface area contributed by atoms with Crippen LogP contribution in [0, 0.1) is 5.41 Å². The van der Waals surface area contributed by atoms with Crippen molar-refractivity contribution in [1.29, 1.82) is 0 Å². The van der Waals surface area contributed by atoms with E-state index in [2.05, 4.69) is 27.5 Å². The molecule has 3 N–H and O–H groups in total. The third kappa shape index (κ3) is 5.66. The number of fused-ring (bicyclic) bond motifs is 1. The summed E-state index contributed by atoms with van der Waals surface area (Å²) >= 11 is 0. The van der Waals surface area contributed by atoms with Gasteiger partial charge in [0.1, 0.15) is 17.8 Å². The summed E-state index contributed by atoms with van der Waals surface area (Å²) in [7, 11) is 0. The molecule has 0 bridgehead atoms. The number of aromatic nitrogens is 2. The lowest BCUT2D eigenvalue weighted by Crippen LogP contribution is -2.53. The Hall–Kier alpha value is -3.89. The number of nitrogens with zero attached hydrogens (tertiary/aromatic N) is 3. The molecule has 1 unspecified atom stereocenters. The second-order valence-electron chi connectivity index (χ2n) is 10.6.